The Morgan fingerprint density at radius 2 is 1.82 bits per heavy atom. The maximum Gasteiger partial charge on any atom is 0.100 e. The molecule has 0 aromatic carbocycles. The van der Waals surface area contributed by atoms with Crippen molar-refractivity contribution < 1.29 is 0 Å². The summed E-state index contributed by atoms with van der Waals surface area (Å²) in [7, 11) is 0. The van der Waals surface area contributed by atoms with Gasteiger partial charge in [0.2, 0.25) is 0 Å². The first-order valence-electron chi connectivity index (χ1n) is 2.98. The van der Waals surface area contributed by atoms with Gasteiger partial charge in [-0.05, 0) is 13.0 Å². The summed E-state index contributed by atoms with van der Waals surface area (Å²) in [6.07, 6.45) is 1.53. The van der Waals surface area contributed by atoms with Gasteiger partial charge in [-0.3, -0.25) is 0 Å². The van der Waals surface area contributed by atoms with Gasteiger partial charge >= 0.3 is 0 Å². The van der Waals surface area contributed by atoms with E-state index in [1.807, 2.05) is 6.07 Å². The Balaban J connectivity index is 4.75. The Morgan fingerprint density at radius 1 is 1.27 bits per heavy atom. The Labute approximate surface area is 66.4 Å². The molecule has 0 heterocycles. The first-order chi connectivity index (χ1) is 5.11. The van der Waals surface area contributed by atoms with Gasteiger partial charge in [0.15, 0.2) is 0 Å². The van der Waals surface area contributed by atoms with Gasteiger partial charge in [0, 0.05) is 0 Å². The second-order valence-corrected chi connectivity index (χ2v) is 2.11. The molecule has 0 aliphatic rings. The molecule has 0 aliphatic carbocycles. The molecule has 0 saturated carbocycles. The molecule has 54 valence electrons. The average Bonchev–Trinajstić information content (AvgIpc) is 1.98. The predicted octanol–water partition coefficient (Wildman–Crippen LogP) is 2.09. The predicted molar refractivity (Wildman–Crippen MR) is 43.3 cm³/mol. The van der Waals surface area contributed by atoms with E-state index in [-0.39, 0.29) is 11.1 Å². The fourth-order valence-electron chi connectivity index (χ4n) is 0.493. The van der Waals surface area contributed by atoms with Crippen LogP contribution in [0.1, 0.15) is 6.92 Å². The van der Waals surface area contributed by atoms with Crippen LogP contribution >= 0.6 is 0 Å². The van der Waals surface area contributed by atoms with Crippen molar-refractivity contribution in [2.45, 2.75) is 6.92 Å². The highest BCUT2D eigenvalue weighted by Gasteiger charge is 1.98. The number of nitriles is 2. The van der Waals surface area contributed by atoms with E-state index < -0.39 is 0 Å². The second-order valence-electron chi connectivity index (χ2n) is 2.11. The first-order valence-corrected chi connectivity index (χ1v) is 2.98. The van der Waals surface area contributed by atoms with Crippen molar-refractivity contribution in [3.05, 3.63) is 36.0 Å². The maximum atomic E-state index is 8.51. The van der Waals surface area contributed by atoms with Gasteiger partial charge in [-0.2, -0.15) is 10.5 Å². The summed E-state index contributed by atoms with van der Waals surface area (Å²) >= 11 is 0. The van der Waals surface area contributed by atoms with Gasteiger partial charge in [-0.15, -0.1) is 0 Å². The lowest BCUT2D eigenvalue weighted by atomic mass is 10.1. The molecule has 0 rings (SSSR count). The summed E-state index contributed by atoms with van der Waals surface area (Å²) in [6, 6.07) is 3.66. The van der Waals surface area contributed by atoms with E-state index in [1.165, 1.54) is 6.08 Å². The van der Waals surface area contributed by atoms with Gasteiger partial charge in [-0.1, -0.05) is 18.7 Å². The Hall–Kier alpha value is -1.80. The van der Waals surface area contributed by atoms with Crippen LogP contribution in [0.15, 0.2) is 36.0 Å². The Bertz CT molecular complexity index is 295. The topological polar surface area (TPSA) is 47.6 Å². The van der Waals surface area contributed by atoms with Crippen LogP contribution in [0, 0.1) is 22.7 Å². The molecule has 2 nitrogen and oxygen atoms in total. The normalized spacial score (nSPS) is 9.55. The highest BCUT2D eigenvalue weighted by molar-refractivity contribution is 5.50. The zero-order chi connectivity index (χ0) is 8.85. The van der Waals surface area contributed by atoms with E-state index >= 15 is 0 Å². The van der Waals surface area contributed by atoms with Gasteiger partial charge in [0.25, 0.3) is 0 Å². The van der Waals surface area contributed by atoms with E-state index in [0.717, 1.165) is 5.57 Å². The number of allylic oxidation sites excluding steroid dienone is 4. The molecular formula is C9H8N2. The lowest BCUT2D eigenvalue weighted by Gasteiger charge is -1.91. The fraction of sp³-hybridized carbons (Fsp3) is 0.111. The molecule has 2 heteroatoms. The third-order valence-corrected chi connectivity index (χ3v) is 0.971. The zero-order valence-corrected chi connectivity index (χ0v) is 6.39. The van der Waals surface area contributed by atoms with E-state index in [1.54, 1.807) is 13.0 Å². The molecule has 0 aromatic rings. The second kappa shape index (κ2) is 4.09. The van der Waals surface area contributed by atoms with E-state index in [4.69, 9.17) is 10.5 Å². The summed E-state index contributed by atoms with van der Waals surface area (Å²) in [5.74, 6) is 0. The molecule has 0 aromatic heterocycles. The van der Waals surface area contributed by atoms with Gasteiger partial charge < -0.3 is 0 Å². The maximum absolute atomic E-state index is 8.51. The summed E-state index contributed by atoms with van der Waals surface area (Å²) in [5, 5.41) is 16.9. The Kier molecular flexibility index (Phi) is 3.42. The molecule has 0 atom stereocenters. The molecular weight excluding hydrogens is 136 g/mol. The van der Waals surface area contributed by atoms with Crippen LogP contribution < -0.4 is 0 Å². The molecule has 0 aliphatic heterocycles. The fourth-order valence-corrected chi connectivity index (χ4v) is 0.493. The average molecular weight is 144 g/mol. The summed E-state index contributed by atoms with van der Waals surface area (Å²) < 4.78 is 0. The van der Waals surface area contributed by atoms with Gasteiger partial charge in [0.1, 0.15) is 6.07 Å². The first kappa shape index (κ1) is 9.20. The smallest absolute Gasteiger partial charge is 0.100 e. The minimum atomic E-state index is 0.176. The zero-order valence-electron chi connectivity index (χ0n) is 6.39. The van der Waals surface area contributed by atoms with Crippen molar-refractivity contribution in [1.82, 2.24) is 0 Å². The van der Waals surface area contributed by atoms with Gasteiger partial charge in [-0.25, -0.2) is 0 Å². The molecule has 0 saturated heterocycles. The standard InChI is InChI=1S/C9H8N2/c1-7(2)4-9(6-11)8(3)5-10/h4H,1,3H2,2H3/b9-4-. The van der Waals surface area contributed by atoms with Crippen LogP contribution in [0.2, 0.25) is 0 Å². The molecule has 0 spiro atoms. The summed E-state index contributed by atoms with van der Waals surface area (Å²) in [4.78, 5) is 0. The van der Waals surface area contributed by atoms with Crippen LogP contribution in [-0.2, 0) is 0 Å². The van der Waals surface area contributed by atoms with Crippen molar-refractivity contribution >= 4 is 0 Å². The van der Waals surface area contributed by atoms with Crippen LogP contribution in [0.4, 0.5) is 0 Å². The monoisotopic (exact) mass is 144 g/mol. The molecule has 0 fully saturated rings. The van der Waals surface area contributed by atoms with E-state index in [9.17, 15) is 0 Å². The van der Waals surface area contributed by atoms with Crippen molar-refractivity contribution in [3.63, 3.8) is 0 Å². The quantitative estimate of drug-likeness (QED) is 0.440. The molecule has 0 unspecified atom stereocenters. The highest BCUT2D eigenvalue weighted by Crippen LogP contribution is 2.07. The van der Waals surface area contributed by atoms with E-state index in [2.05, 4.69) is 13.2 Å². The van der Waals surface area contributed by atoms with Crippen LogP contribution in [0.3, 0.4) is 0 Å². The third-order valence-electron chi connectivity index (χ3n) is 0.971. The molecule has 0 bridgehead atoms. The minimum absolute atomic E-state index is 0.176. The van der Waals surface area contributed by atoms with Crippen molar-refractivity contribution in [2.75, 3.05) is 0 Å². The van der Waals surface area contributed by atoms with Crippen LogP contribution in [0.25, 0.3) is 0 Å². The van der Waals surface area contributed by atoms with Crippen LogP contribution in [-0.4, -0.2) is 0 Å². The minimum Gasteiger partial charge on any atom is -0.192 e. The molecule has 0 amide bonds. The number of nitrogens with zero attached hydrogens (tertiary/aromatic N) is 2. The van der Waals surface area contributed by atoms with Gasteiger partial charge in [0.05, 0.1) is 17.2 Å². The highest BCUT2D eigenvalue weighted by atomic mass is 14.3. The molecule has 11 heavy (non-hydrogen) atoms. The largest absolute Gasteiger partial charge is 0.192 e. The van der Waals surface area contributed by atoms with Crippen LogP contribution in [0.5, 0.6) is 0 Å². The Morgan fingerprint density at radius 3 is 2.09 bits per heavy atom. The summed E-state index contributed by atoms with van der Waals surface area (Å²) in [6.45, 7) is 8.74. The van der Waals surface area contributed by atoms with Crippen molar-refractivity contribution in [1.29, 1.82) is 10.5 Å². The van der Waals surface area contributed by atoms with Crippen molar-refractivity contribution in [3.8, 4) is 12.1 Å². The lowest BCUT2D eigenvalue weighted by molar-refractivity contribution is 1.42. The summed E-state index contributed by atoms with van der Waals surface area (Å²) in [5.41, 5.74) is 1.19. The molecule has 0 radical (unpaired) electrons. The lowest BCUT2D eigenvalue weighted by Crippen LogP contribution is -1.81. The third kappa shape index (κ3) is 3.03. The SMILES string of the molecule is C=C(C)/C=C(/C#N)C(=C)C#N. The number of hydrogen-bond acceptors (Lipinski definition) is 2. The molecule has 0 N–H and O–H groups in total. The number of rotatable bonds is 2. The number of hydrogen-bond donors (Lipinski definition) is 0. The van der Waals surface area contributed by atoms with Crippen molar-refractivity contribution in [2.24, 2.45) is 0 Å². The van der Waals surface area contributed by atoms with E-state index in [0.29, 0.717) is 0 Å².